The van der Waals surface area contributed by atoms with Crippen LogP contribution in [0.3, 0.4) is 0 Å². The molecule has 2 aliphatic heterocycles. The summed E-state index contributed by atoms with van der Waals surface area (Å²) in [5, 5.41) is 11.5. The van der Waals surface area contributed by atoms with Gasteiger partial charge in [0.1, 0.15) is 6.04 Å². The van der Waals surface area contributed by atoms with E-state index in [1.807, 2.05) is 0 Å². The Balaban J connectivity index is 1.39. The minimum Gasteiger partial charge on any atom is -0.480 e. The van der Waals surface area contributed by atoms with Gasteiger partial charge in [0.15, 0.2) is 0 Å². The third kappa shape index (κ3) is 5.43. The summed E-state index contributed by atoms with van der Waals surface area (Å²) in [5.74, 6) is -1.01. The van der Waals surface area contributed by atoms with E-state index in [-0.39, 0.29) is 6.03 Å². The summed E-state index contributed by atoms with van der Waals surface area (Å²) in [4.78, 5) is 29.8. The topological polar surface area (TPSA) is 76.1 Å². The molecule has 1 atom stereocenters. The van der Waals surface area contributed by atoms with Crippen molar-refractivity contribution < 1.29 is 14.7 Å². The number of piperidine rings is 1. The highest BCUT2D eigenvalue weighted by molar-refractivity contribution is 5.82. The SMILES string of the molecule is CC(NC(=O)N1CCC(N2CCN(Cc3ccccc3)CC2)CC1)C(=O)O. The summed E-state index contributed by atoms with van der Waals surface area (Å²) >= 11 is 0. The first-order valence-electron chi connectivity index (χ1n) is 9.81. The molecule has 0 bridgehead atoms. The zero-order valence-electron chi connectivity index (χ0n) is 16.0. The van der Waals surface area contributed by atoms with Crippen LogP contribution in [0.2, 0.25) is 0 Å². The highest BCUT2D eigenvalue weighted by Gasteiger charge is 2.29. The monoisotopic (exact) mass is 374 g/mol. The van der Waals surface area contributed by atoms with Crippen molar-refractivity contribution in [2.45, 2.75) is 38.4 Å². The van der Waals surface area contributed by atoms with Gasteiger partial charge in [0.25, 0.3) is 0 Å². The number of amides is 2. The van der Waals surface area contributed by atoms with Crippen LogP contribution in [-0.2, 0) is 11.3 Å². The molecule has 2 amide bonds. The highest BCUT2D eigenvalue weighted by Crippen LogP contribution is 2.19. The molecule has 3 rings (SSSR count). The Morgan fingerprint density at radius 2 is 1.70 bits per heavy atom. The van der Waals surface area contributed by atoms with Crippen molar-refractivity contribution in [2.75, 3.05) is 39.3 Å². The van der Waals surface area contributed by atoms with Crippen molar-refractivity contribution in [3.63, 3.8) is 0 Å². The molecule has 7 nitrogen and oxygen atoms in total. The van der Waals surface area contributed by atoms with Crippen molar-refractivity contribution >= 4 is 12.0 Å². The van der Waals surface area contributed by atoms with Gasteiger partial charge in [0.05, 0.1) is 0 Å². The molecule has 148 valence electrons. The minimum absolute atomic E-state index is 0.268. The van der Waals surface area contributed by atoms with Crippen molar-refractivity contribution in [2.24, 2.45) is 0 Å². The van der Waals surface area contributed by atoms with Gasteiger partial charge in [0.2, 0.25) is 0 Å². The van der Waals surface area contributed by atoms with Gasteiger partial charge >= 0.3 is 12.0 Å². The molecule has 0 spiro atoms. The summed E-state index contributed by atoms with van der Waals surface area (Å²) in [6, 6.07) is 9.99. The van der Waals surface area contributed by atoms with Crippen LogP contribution in [0.5, 0.6) is 0 Å². The van der Waals surface area contributed by atoms with Crippen molar-refractivity contribution in [1.29, 1.82) is 0 Å². The minimum atomic E-state index is -1.01. The van der Waals surface area contributed by atoms with Gasteiger partial charge in [-0.25, -0.2) is 4.79 Å². The van der Waals surface area contributed by atoms with E-state index in [0.717, 1.165) is 45.6 Å². The number of nitrogens with zero attached hydrogens (tertiary/aromatic N) is 3. The van der Waals surface area contributed by atoms with Crippen LogP contribution in [0.1, 0.15) is 25.3 Å². The first-order chi connectivity index (χ1) is 13.0. The largest absolute Gasteiger partial charge is 0.480 e. The fourth-order valence-corrected chi connectivity index (χ4v) is 3.90. The Kier molecular flexibility index (Phi) is 6.68. The normalized spacial score (nSPS) is 21.0. The zero-order valence-corrected chi connectivity index (χ0v) is 16.0. The second-order valence-corrected chi connectivity index (χ2v) is 7.53. The summed E-state index contributed by atoms with van der Waals surface area (Å²) in [6.45, 7) is 8.16. The molecule has 0 radical (unpaired) electrons. The fourth-order valence-electron chi connectivity index (χ4n) is 3.90. The number of benzene rings is 1. The van der Waals surface area contributed by atoms with Gasteiger partial charge in [-0.1, -0.05) is 30.3 Å². The molecular formula is C20H30N4O3. The number of carbonyl (C=O) groups excluding carboxylic acids is 1. The van der Waals surface area contributed by atoms with Crippen molar-refractivity contribution in [3.05, 3.63) is 35.9 Å². The van der Waals surface area contributed by atoms with Gasteiger partial charge in [-0.2, -0.15) is 0 Å². The second-order valence-electron chi connectivity index (χ2n) is 7.53. The lowest BCUT2D eigenvalue weighted by molar-refractivity contribution is -0.138. The molecule has 1 unspecified atom stereocenters. The second kappa shape index (κ2) is 9.19. The van der Waals surface area contributed by atoms with Gasteiger partial charge in [0, 0.05) is 51.9 Å². The predicted octanol–water partition coefficient (Wildman–Crippen LogP) is 1.45. The number of hydrogen-bond donors (Lipinski definition) is 2. The highest BCUT2D eigenvalue weighted by atomic mass is 16.4. The van der Waals surface area contributed by atoms with Crippen LogP contribution in [0.25, 0.3) is 0 Å². The predicted molar refractivity (Wildman–Crippen MR) is 104 cm³/mol. The van der Waals surface area contributed by atoms with Gasteiger partial charge in [-0.3, -0.25) is 14.6 Å². The lowest BCUT2D eigenvalue weighted by atomic mass is 10.0. The quantitative estimate of drug-likeness (QED) is 0.816. The lowest BCUT2D eigenvalue weighted by Crippen LogP contribution is -2.55. The van der Waals surface area contributed by atoms with Crippen LogP contribution in [0, 0.1) is 0 Å². The zero-order chi connectivity index (χ0) is 19.2. The van der Waals surface area contributed by atoms with E-state index in [9.17, 15) is 9.59 Å². The van der Waals surface area contributed by atoms with Crippen LogP contribution in [-0.4, -0.2) is 83.2 Å². The van der Waals surface area contributed by atoms with Crippen molar-refractivity contribution in [1.82, 2.24) is 20.0 Å². The molecule has 2 N–H and O–H groups in total. The number of likely N-dealkylation sites (tertiary alicyclic amines) is 1. The first kappa shape index (κ1) is 19.6. The molecule has 1 aromatic rings. The average Bonchev–Trinajstić information content (AvgIpc) is 2.69. The number of carboxylic acids is 1. The van der Waals surface area contributed by atoms with E-state index in [0.29, 0.717) is 19.1 Å². The molecule has 2 saturated heterocycles. The Labute approximate surface area is 160 Å². The maximum absolute atomic E-state index is 12.1. The number of carboxylic acid groups (broad SMARTS) is 1. The fraction of sp³-hybridized carbons (Fsp3) is 0.600. The Morgan fingerprint density at radius 3 is 2.30 bits per heavy atom. The third-order valence-electron chi connectivity index (χ3n) is 5.63. The van der Waals surface area contributed by atoms with Crippen molar-refractivity contribution in [3.8, 4) is 0 Å². The maximum Gasteiger partial charge on any atom is 0.325 e. The maximum atomic E-state index is 12.1. The van der Waals surface area contributed by atoms with Crippen LogP contribution >= 0.6 is 0 Å². The number of carbonyl (C=O) groups is 2. The summed E-state index contributed by atoms with van der Waals surface area (Å²) in [7, 11) is 0. The average molecular weight is 374 g/mol. The molecule has 2 fully saturated rings. The van der Waals surface area contributed by atoms with Crippen LogP contribution < -0.4 is 5.32 Å². The number of rotatable bonds is 5. The van der Waals surface area contributed by atoms with Crippen LogP contribution in [0.15, 0.2) is 30.3 Å². The van der Waals surface area contributed by atoms with Gasteiger partial charge < -0.3 is 15.3 Å². The number of aliphatic carboxylic acids is 1. The molecule has 1 aromatic carbocycles. The molecule has 0 aliphatic carbocycles. The molecule has 27 heavy (non-hydrogen) atoms. The third-order valence-corrected chi connectivity index (χ3v) is 5.63. The Morgan fingerprint density at radius 1 is 1.07 bits per heavy atom. The van der Waals surface area contributed by atoms with E-state index in [1.165, 1.54) is 12.5 Å². The van der Waals surface area contributed by atoms with E-state index in [4.69, 9.17) is 5.11 Å². The van der Waals surface area contributed by atoms with E-state index in [2.05, 4.69) is 45.4 Å². The molecule has 2 aliphatic rings. The van der Waals surface area contributed by atoms with E-state index in [1.54, 1.807) is 4.90 Å². The molecule has 0 aromatic heterocycles. The molecule has 2 heterocycles. The Bertz CT molecular complexity index is 623. The standard InChI is InChI=1S/C20H30N4O3/c1-16(19(25)26)21-20(27)24-9-7-18(8-10-24)23-13-11-22(12-14-23)15-17-5-3-2-4-6-17/h2-6,16,18H,7-15H2,1H3,(H,21,27)(H,25,26). The van der Waals surface area contributed by atoms with Crippen LogP contribution in [0.4, 0.5) is 4.79 Å². The molecule has 7 heteroatoms. The smallest absolute Gasteiger partial charge is 0.325 e. The van der Waals surface area contributed by atoms with Gasteiger partial charge in [-0.15, -0.1) is 0 Å². The number of nitrogens with one attached hydrogen (secondary N) is 1. The lowest BCUT2D eigenvalue weighted by Gasteiger charge is -2.42. The van der Waals surface area contributed by atoms with E-state index >= 15 is 0 Å². The number of hydrogen-bond acceptors (Lipinski definition) is 4. The molecule has 0 saturated carbocycles. The summed E-state index contributed by atoms with van der Waals surface area (Å²) in [5.41, 5.74) is 1.36. The first-order valence-corrected chi connectivity index (χ1v) is 9.81. The Hall–Kier alpha value is -2.12. The number of piperazine rings is 1. The molecular weight excluding hydrogens is 344 g/mol. The summed E-state index contributed by atoms with van der Waals surface area (Å²) in [6.07, 6.45) is 1.90. The number of urea groups is 1. The summed E-state index contributed by atoms with van der Waals surface area (Å²) < 4.78 is 0. The van der Waals surface area contributed by atoms with Gasteiger partial charge in [-0.05, 0) is 25.3 Å². The van der Waals surface area contributed by atoms with E-state index < -0.39 is 12.0 Å².